The minimum atomic E-state index is -0.343. The maximum atomic E-state index is 11.4. The second-order valence-corrected chi connectivity index (χ2v) is 3.90. The predicted octanol–water partition coefficient (Wildman–Crippen LogP) is 0.854. The van der Waals surface area contributed by atoms with Gasteiger partial charge < -0.3 is 15.2 Å². The molecule has 100 valence electrons. The molecule has 1 atom stereocenters. The van der Waals surface area contributed by atoms with E-state index in [2.05, 4.69) is 5.32 Å². The van der Waals surface area contributed by atoms with Gasteiger partial charge in [-0.1, -0.05) is 13.3 Å². The fraction of sp³-hybridized carbons (Fsp3) is 0.833. The number of hydrogen-bond acceptors (Lipinski definition) is 4. The molecule has 0 aromatic carbocycles. The summed E-state index contributed by atoms with van der Waals surface area (Å²) < 4.78 is 4.73. The highest BCUT2D eigenvalue weighted by atomic mass is 16.5. The van der Waals surface area contributed by atoms with Crippen molar-refractivity contribution in [2.24, 2.45) is 5.92 Å². The number of ether oxygens (including phenoxy) is 1. The lowest BCUT2D eigenvalue weighted by molar-refractivity contribution is -0.144. The lowest BCUT2D eigenvalue weighted by Crippen LogP contribution is -2.29. The van der Waals surface area contributed by atoms with Crippen molar-refractivity contribution in [2.45, 2.75) is 39.5 Å². The van der Waals surface area contributed by atoms with Gasteiger partial charge in [-0.3, -0.25) is 9.59 Å². The summed E-state index contributed by atoms with van der Waals surface area (Å²) in [4.78, 5) is 22.4. The number of nitrogens with one attached hydrogen (secondary N) is 1. The van der Waals surface area contributed by atoms with Gasteiger partial charge in [0.25, 0.3) is 0 Å². The summed E-state index contributed by atoms with van der Waals surface area (Å²) in [5, 5.41) is 11.6. The average Bonchev–Trinajstić information content (AvgIpc) is 2.32. The van der Waals surface area contributed by atoms with Crippen molar-refractivity contribution < 1.29 is 19.4 Å². The van der Waals surface area contributed by atoms with Crippen molar-refractivity contribution >= 4 is 11.9 Å². The Morgan fingerprint density at radius 2 is 2.00 bits per heavy atom. The van der Waals surface area contributed by atoms with Gasteiger partial charge in [-0.2, -0.15) is 0 Å². The summed E-state index contributed by atoms with van der Waals surface area (Å²) in [5.74, 6) is -0.189. The van der Waals surface area contributed by atoms with E-state index < -0.39 is 0 Å². The van der Waals surface area contributed by atoms with Crippen molar-refractivity contribution in [1.29, 1.82) is 0 Å². The quantitative estimate of drug-likeness (QED) is 0.591. The van der Waals surface area contributed by atoms with Crippen LogP contribution in [0.1, 0.15) is 39.5 Å². The molecule has 1 amide bonds. The van der Waals surface area contributed by atoms with Crippen LogP contribution in [0, 0.1) is 5.92 Å². The molecule has 0 aromatic heterocycles. The lowest BCUT2D eigenvalue weighted by Gasteiger charge is -2.14. The Bertz CT molecular complexity index is 231. The van der Waals surface area contributed by atoms with E-state index in [4.69, 9.17) is 9.84 Å². The molecule has 0 fully saturated rings. The number of amides is 1. The summed E-state index contributed by atoms with van der Waals surface area (Å²) in [6.45, 7) is 4.79. The number of carbonyl (C=O) groups excluding carboxylic acids is 2. The average molecular weight is 245 g/mol. The third-order valence-corrected chi connectivity index (χ3v) is 2.56. The van der Waals surface area contributed by atoms with E-state index in [1.54, 1.807) is 6.92 Å². The van der Waals surface area contributed by atoms with Gasteiger partial charge in [0, 0.05) is 19.6 Å². The first-order valence-corrected chi connectivity index (χ1v) is 6.17. The third kappa shape index (κ3) is 8.68. The van der Waals surface area contributed by atoms with E-state index in [1.807, 2.05) is 6.92 Å². The fourth-order valence-corrected chi connectivity index (χ4v) is 1.43. The molecule has 0 saturated heterocycles. The number of hydrogen-bond donors (Lipinski definition) is 2. The van der Waals surface area contributed by atoms with Gasteiger partial charge in [-0.15, -0.1) is 0 Å². The van der Waals surface area contributed by atoms with E-state index in [0.717, 1.165) is 6.42 Å². The van der Waals surface area contributed by atoms with Crippen LogP contribution in [0.3, 0.4) is 0 Å². The maximum Gasteiger partial charge on any atom is 0.306 e. The number of aliphatic hydroxyl groups is 1. The van der Waals surface area contributed by atoms with E-state index in [0.29, 0.717) is 25.5 Å². The van der Waals surface area contributed by atoms with Crippen molar-refractivity contribution in [3.63, 3.8) is 0 Å². The molecule has 0 aromatic rings. The molecule has 0 rings (SSSR count). The monoisotopic (exact) mass is 245 g/mol. The fourth-order valence-electron chi connectivity index (χ4n) is 1.43. The molecular formula is C12H23NO4. The maximum absolute atomic E-state index is 11.4. The molecule has 0 aliphatic rings. The number of rotatable bonds is 9. The molecule has 5 nitrogen and oxygen atoms in total. The zero-order valence-electron chi connectivity index (χ0n) is 10.7. The van der Waals surface area contributed by atoms with Crippen LogP contribution in [0.25, 0.3) is 0 Å². The number of esters is 1. The SMILES string of the molecule is CCOC(=O)CCC(=O)NCC(CC)CCO. The normalized spacial score (nSPS) is 11.9. The smallest absolute Gasteiger partial charge is 0.306 e. The molecule has 17 heavy (non-hydrogen) atoms. The van der Waals surface area contributed by atoms with Crippen LogP contribution >= 0.6 is 0 Å². The predicted molar refractivity (Wildman–Crippen MR) is 64.4 cm³/mol. The Morgan fingerprint density at radius 1 is 1.29 bits per heavy atom. The lowest BCUT2D eigenvalue weighted by atomic mass is 10.0. The third-order valence-electron chi connectivity index (χ3n) is 2.56. The summed E-state index contributed by atoms with van der Waals surface area (Å²) in [5.41, 5.74) is 0. The Morgan fingerprint density at radius 3 is 2.53 bits per heavy atom. The first kappa shape index (κ1) is 15.9. The summed E-state index contributed by atoms with van der Waals surface area (Å²) >= 11 is 0. The zero-order valence-corrected chi connectivity index (χ0v) is 10.7. The Kier molecular flexibility index (Phi) is 9.43. The molecule has 0 heterocycles. The molecule has 0 aliphatic heterocycles. The highest BCUT2D eigenvalue weighted by Crippen LogP contribution is 2.05. The first-order chi connectivity index (χ1) is 8.13. The highest BCUT2D eigenvalue weighted by Gasteiger charge is 2.10. The Balaban J connectivity index is 3.67. The zero-order chi connectivity index (χ0) is 13.1. The van der Waals surface area contributed by atoms with Crippen molar-refractivity contribution in [1.82, 2.24) is 5.32 Å². The van der Waals surface area contributed by atoms with Gasteiger partial charge in [0.05, 0.1) is 13.0 Å². The molecule has 5 heteroatoms. The molecule has 0 bridgehead atoms. The van der Waals surface area contributed by atoms with Crippen LogP contribution in [-0.4, -0.2) is 36.7 Å². The second kappa shape index (κ2) is 10.1. The van der Waals surface area contributed by atoms with Crippen LogP contribution in [0.2, 0.25) is 0 Å². The number of carbonyl (C=O) groups is 2. The van der Waals surface area contributed by atoms with Gasteiger partial charge >= 0.3 is 5.97 Å². The molecule has 0 saturated carbocycles. The van der Waals surface area contributed by atoms with Crippen LogP contribution < -0.4 is 5.32 Å². The van der Waals surface area contributed by atoms with Crippen molar-refractivity contribution in [3.05, 3.63) is 0 Å². The largest absolute Gasteiger partial charge is 0.466 e. The van der Waals surface area contributed by atoms with E-state index in [1.165, 1.54) is 0 Å². The molecule has 0 aliphatic carbocycles. The molecule has 2 N–H and O–H groups in total. The molecule has 0 radical (unpaired) electrons. The Labute approximate surface area is 103 Å². The van der Waals surface area contributed by atoms with Crippen molar-refractivity contribution in [3.8, 4) is 0 Å². The minimum absolute atomic E-state index is 0.121. The van der Waals surface area contributed by atoms with Gasteiger partial charge in [0.2, 0.25) is 5.91 Å². The van der Waals surface area contributed by atoms with Gasteiger partial charge in [0.15, 0.2) is 0 Å². The molecular weight excluding hydrogens is 222 g/mol. The minimum Gasteiger partial charge on any atom is -0.466 e. The summed E-state index contributed by atoms with van der Waals surface area (Å²) in [7, 11) is 0. The van der Waals surface area contributed by atoms with E-state index in [-0.39, 0.29) is 31.3 Å². The van der Waals surface area contributed by atoms with Crippen LogP contribution in [0.5, 0.6) is 0 Å². The van der Waals surface area contributed by atoms with Crippen molar-refractivity contribution in [2.75, 3.05) is 19.8 Å². The Hall–Kier alpha value is -1.10. The van der Waals surface area contributed by atoms with Gasteiger partial charge in [0.1, 0.15) is 0 Å². The van der Waals surface area contributed by atoms with E-state index in [9.17, 15) is 9.59 Å². The van der Waals surface area contributed by atoms with Gasteiger partial charge in [-0.25, -0.2) is 0 Å². The molecule has 0 spiro atoms. The van der Waals surface area contributed by atoms with Crippen LogP contribution in [-0.2, 0) is 14.3 Å². The summed E-state index contributed by atoms with van der Waals surface area (Å²) in [6.07, 6.45) is 1.89. The van der Waals surface area contributed by atoms with Gasteiger partial charge in [-0.05, 0) is 19.3 Å². The standard InChI is InChI=1S/C12H23NO4/c1-3-10(7-8-14)9-13-11(15)5-6-12(16)17-4-2/h10,14H,3-9H2,1-2H3,(H,13,15). The van der Waals surface area contributed by atoms with E-state index >= 15 is 0 Å². The highest BCUT2D eigenvalue weighted by molar-refractivity contribution is 5.81. The second-order valence-electron chi connectivity index (χ2n) is 3.90. The van der Waals surface area contributed by atoms with Crippen LogP contribution in [0.4, 0.5) is 0 Å². The topological polar surface area (TPSA) is 75.6 Å². The first-order valence-electron chi connectivity index (χ1n) is 6.17. The van der Waals surface area contributed by atoms with Crippen LogP contribution in [0.15, 0.2) is 0 Å². The number of aliphatic hydroxyl groups excluding tert-OH is 1. The molecule has 1 unspecified atom stereocenters. The summed E-state index contributed by atoms with van der Waals surface area (Å²) in [6, 6.07) is 0.